The molecule has 0 saturated heterocycles. The Morgan fingerprint density at radius 3 is 2.26 bits per heavy atom. The normalized spacial score (nSPS) is 13.1. The summed E-state index contributed by atoms with van der Waals surface area (Å²) in [5.41, 5.74) is -0.142. The van der Waals surface area contributed by atoms with Crippen molar-refractivity contribution in [3.63, 3.8) is 0 Å². The number of hydroxylamine groups is 1. The molecule has 2 aromatic rings. The van der Waals surface area contributed by atoms with E-state index in [0.717, 1.165) is 23.6 Å². The third kappa shape index (κ3) is 8.71. The van der Waals surface area contributed by atoms with Gasteiger partial charge in [0.1, 0.15) is 17.4 Å². The second-order valence-electron chi connectivity index (χ2n) is 7.14. The van der Waals surface area contributed by atoms with Crippen LogP contribution < -0.4 is 84.7 Å². The van der Waals surface area contributed by atoms with Crippen LogP contribution in [-0.4, -0.2) is 37.0 Å². The molecule has 0 unspecified atom stereocenters. The smallest absolute Gasteiger partial charge is 0.788 e. The van der Waals surface area contributed by atoms with Crippen molar-refractivity contribution in [1.29, 1.82) is 0 Å². The zero-order valence-electron chi connectivity index (χ0n) is 19.5. The van der Waals surface area contributed by atoms with Crippen LogP contribution in [0.1, 0.15) is 13.3 Å². The summed E-state index contributed by atoms with van der Waals surface area (Å²) < 4.78 is 70.7. The van der Waals surface area contributed by atoms with Crippen molar-refractivity contribution < 1.29 is 105 Å². The zero-order chi connectivity index (χ0) is 25.2. The van der Waals surface area contributed by atoms with Crippen LogP contribution in [0.3, 0.4) is 0 Å². The molecule has 0 radical (unpaired) electrons. The molecule has 0 spiro atoms. The van der Waals surface area contributed by atoms with Gasteiger partial charge >= 0.3 is 59.1 Å². The molecule has 0 aliphatic carbocycles. The number of carbonyl (C=O) groups is 1. The van der Waals surface area contributed by atoms with Gasteiger partial charge in [-0.15, -0.1) is 0 Å². The summed E-state index contributed by atoms with van der Waals surface area (Å²) in [5.74, 6) is -3.16. The van der Waals surface area contributed by atoms with Gasteiger partial charge in [-0.1, -0.05) is 0 Å². The molecule has 11 nitrogen and oxygen atoms in total. The Balaban J connectivity index is 0.00000578. The van der Waals surface area contributed by atoms with Crippen LogP contribution >= 0.6 is 7.82 Å². The molecule has 1 amide bonds. The number of nitrogens with zero attached hydrogens (tertiary/aromatic N) is 1. The zero-order valence-corrected chi connectivity index (χ0v) is 25.2. The number of nitrogens with one attached hydrogen (secondary N) is 1. The molecule has 2 rings (SSSR count). The molecular formula is C18H19F2N2Na2O9PS. The fourth-order valence-corrected chi connectivity index (χ4v) is 3.81. The quantitative estimate of drug-likeness (QED) is 0.180. The van der Waals surface area contributed by atoms with Gasteiger partial charge in [-0.2, -0.15) is 0 Å². The average Bonchev–Trinajstić information content (AvgIpc) is 2.70. The van der Waals surface area contributed by atoms with Gasteiger partial charge < -0.3 is 23.7 Å². The molecule has 0 saturated carbocycles. The minimum absolute atomic E-state index is 0. The molecule has 35 heavy (non-hydrogen) atoms. The van der Waals surface area contributed by atoms with Crippen molar-refractivity contribution in [1.82, 2.24) is 10.0 Å². The molecule has 1 atom stereocenters. The number of ether oxygens (including phenoxy) is 1. The second kappa shape index (κ2) is 13.2. The molecular weight excluding hydrogens is 535 g/mol. The minimum atomic E-state index is -5.65. The summed E-state index contributed by atoms with van der Waals surface area (Å²) in [6.07, 6.45) is 0.750. The van der Waals surface area contributed by atoms with Gasteiger partial charge in [0, 0.05) is 42.3 Å². The number of sulfone groups is 1. The number of aromatic nitrogens is 1. The van der Waals surface area contributed by atoms with Gasteiger partial charge in [0.2, 0.25) is 0 Å². The number of hydrogen-bond acceptors (Lipinski definition) is 9. The SMILES string of the molecule is COc1ccc(-c2cc(=O)n(CC[C@](C)(C(=O)NOP(=O)([O-])[O-])S(C)(=O)=O)cc2F)c(F)c1.[Na+].[Na+]. The average molecular weight is 554 g/mol. The molecule has 1 aromatic heterocycles. The van der Waals surface area contributed by atoms with Crippen molar-refractivity contribution in [2.45, 2.75) is 24.6 Å². The van der Waals surface area contributed by atoms with Gasteiger partial charge in [0.25, 0.3) is 11.5 Å². The molecule has 0 aliphatic heterocycles. The predicted octanol–water partition coefficient (Wildman–Crippen LogP) is -6.12. The third-order valence-electron chi connectivity index (χ3n) is 4.92. The van der Waals surface area contributed by atoms with E-state index in [1.807, 2.05) is 0 Å². The number of methoxy groups -OCH3 is 1. The number of amides is 1. The molecule has 0 fully saturated rings. The van der Waals surface area contributed by atoms with Crippen LogP contribution in [0.5, 0.6) is 5.75 Å². The predicted molar refractivity (Wildman–Crippen MR) is 107 cm³/mol. The fourth-order valence-electron chi connectivity index (χ4n) is 2.77. The molecule has 182 valence electrons. The van der Waals surface area contributed by atoms with Crippen LogP contribution in [0.4, 0.5) is 8.78 Å². The first-order valence-corrected chi connectivity index (χ1v) is 12.4. The Morgan fingerprint density at radius 1 is 1.17 bits per heavy atom. The summed E-state index contributed by atoms with van der Waals surface area (Å²) in [6.45, 7) is 0.397. The van der Waals surface area contributed by atoms with E-state index >= 15 is 0 Å². The molecule has 0 bridgehead atoms. The van der Waals surface area contributed by atoms with Crippen molar-refractivity contribution in [3.8, 4) is 16.9 Å². The van der Waals surface area contributed by atoms with Crippen molar-refractivity contribution >= 4 is 23.6 Å². The second-order valence-corrected chi connectivity index (χ2v) is 10.7. The van der Waals surface area contributed by atoms with Gasteiger partial charge in [-0.3, -0.25) is 9.59 Å². The van der Waals surface area contributed by atoms with E-state index in [-0.39, 0.29) is 76.0 Å². The Morgan fingerprint density at radius 2 is 1.77 bits per heavy atom. The maximum absolute atomic E-state index is 14.7. The molecule has 0 aliphatic rings. The van der Waals surface area contributed by atoms with Gasteiger partial charge in [0.15, 0.2) is 14.6 Å². The van der Waals surface area contributed by atoms with E-state index in [1.54, 1.807) is 0 Å². The Kier molecular flexibility index (Phi) is 13.0. The number of aryl methyl sites for hydroxylation is 1. The topological polar surface area (TPSA) is 167 Å². The van der Waals surface area contributed by atoms with Crippen molar-refractivity contribution in [2.75, 3.05) is 13.4 Å². The standard InChI is InChI=1S/C18H21F2N2O9PS.2Na/c1-18(33(3,28)29,17(24)21-31-32(25,26)27)6-7-22-10-15(20)13(9-16(22)23)12-5-4-11(30-2)8-14(12)19;;/h4-5,8-10H,6-7H2,1-3H3,(H,21,24)(H2,25,26,27);;/q;2*+1/p-2/t18-;;/m1../s1. The summed E-state index contributed by atoms with van der Waals surface area (Å²) in [6, 6.07) is 4.38. The van der Waals surface area contributed by atoms with E-state index in [9.17, 15) is 41.1 Å². The van der Waals surface area contributed by atoms with Crippen molar-refractivity contribution in [3.05, 3.63) is 52.5 Å². The fraction of sp³-hybridized carbons (Fsp3) is 0.333. The maximum atomic E-state index is 14.7. The van der Waals surface area contributed by atoms with Crippen LogP contribution in [0, 0.1) is 11.6 Å². The van der Waals surface area contributed by atoms with Gasteiger partial charge in [0.05, 0.1) is 14.9 Å². The van der Waals surface area contributed by atoms with E-state index in [2.05, 4.69) is 4.62 Å². The van der Waals surface area contributed by atoms with E-state index in [1.165, 1.54) is 24.7 Å². The number of carbonyl (C=O) groups excluding carboxylic acids is 1. The number of rotatable bonds is 9. The first-order valence-electron chi connectivity index (χ1n) is 9.03. The van der Waals surface area contributed by atoms with Crippen LogP contribution in [0.2, 0.25) is 0 Å². The van der Waals surface area contributed by atoms with Crippen LogP contribution in [-0.2, 0) is 30.4 Å². The van der Waals surface area contributed by atoms with Gasteiger partial charge in [-0.05, 0) is 25.5 Å². The summed E-state index contributed by atoms with van der Waals surface area (Å²) in [4.78, 5) is 45.8. The van der Waals surface area contributed by atoms with Crippen LogP contribution in [0.25, 0.3) is 11.1 Å². The first kappa shape index (κ1) is 34.4. The Labute approximate surface area is 243 Å². The van der Waals surface area contributed by atoms with E-state index in [4.69, 9.17) is 4.74 Å². The Bertz CT molecular complexity index is 1290. The van der Waals surface area contributed by atoms with Crippen molar-refractivity contribution in [2.24, 2.45) is 0 Å². The minimum Gasteiger partial charge on any atom is -0.788 e. The molecule has 1 heterocycles. The van der Waals surface area contributed by atoms with Gasteiger partial charge in [-0.25, -0.2) is 27.3 Å². The number of halogens is 2. The maximum Gasteiger partial charge on any atom is 1.00 e. The molecule has 1 aromatic carbocycles. The third-order valence-corrected chi connectivity index (χ3v) is 7.26. The van der Waals surface area contributed by atoms with E-state index < -0.39 is 58.5 Å². The largest absolute Gasteiger partial charge is 1.00 e. The summed E-state index contributed by atoms with van der Waals surface area (Å²) in [7, 11) is -8.58. The number of phosphoric acid groups is 1. The molecule has 1 N–H and O–H groups in total. The summed E-state index contributed by atoms with van der Waals surface area (Å²) >= 11 is 0. The number of pyridine rings is 1. The first-order chi connectivity index (χ1) is 15.1. The Hall–Kier alpha value is -0.640. The monoisotopic (exact) mass is 554 g/mol. The molecule has 17 heteroatoms. The van der Waals surface area contributed by atoms with E-state index in [0.29, 0.717) is 12.5 Å². The number of hydrogen-bond donors (Lipinski definition) is 1. The summed E-state index contributed by atoms with van der Waals surface area (Å²) in [5, 5.41) is 0. The van der Waals surface area contributed by atoms with Crippen LogP contribution in [0.15, 0.2) is 35.3 Å². The number of benzene rings is 1.